The van der Waals surface area contributed by atoms with Crippen LogP contribution in [0.1, 0.15) is 44.9 Å². The number of aliphatic imine (C=N–C) groups is 1. The molecule has 172 valence electrons. The maximum atomic E-state index is 5.73. The molecule has 2 saturated heterocycles. The van der Waals surface area contributed by atoms with Crippen LogP contribution < -0.4 is 10.6 Å². The Morgan fingerprint density at radius 2 is 1.77 bits per heavy atom. The molecule has 1 aromatic rings. The minimum atomic E-state index is 0. The average molecular weight is 533 g/mol. The number of hydrogen-bond donors (Lipinski definition) is 2. The second-order valence-electron chi connectivity index (χ2n) is 8.54. The summed E-state index contributed by atoms with van der Waals surface area (Å²) in [5, 5.41) is 7.11. The minimum Gasteiger partial charge on any atom is -0.468 e. The number of halogens is 1. The third kappa shape index (κ3) is 7.69. The second kappa shape index (κ2) is 13.5. The highest BCUT2D eigenvalue weighted by Gasteiger charge is 2.26. The van der Waals surface area contributed by atoms with Crippen molar-refractivity contribution in [1.29, 1.82) is 0 Å². The van der Waals surface area contributed by atoms with Crippen LogP contribution in [-0.4, -0.2) is 81.3 Å². The van der Waals surface area contributed by atoms with Gasteiger partial charge in [0.1, 0.15) is 5.76 Å². The van der Waals surface area contributed by atoms with Gasteiger partial charge in [-0.15, -0.1) is 24.0 Å². The molecule has 0 aliphatic carbocycles. The molecule has 0 amide bonds. The molecule has 1 aromatic heterocycles. The smallest absolute Gasteiger partial charge is 0.191 e. The Hall–Kier alpha value is -0.840. The van der Waals surface area contributed by atoms with E-state index in [9.17, 15) is 0 Å². The van der Waals surface area contributed by atoms with E-state index in [1.54, 1.807) is 6.26 Å². The first-order chi connectivity index (χ1) is 14.2. The molecule has 0 radical (unpaired) electrons. The standard InChI is InChI=1S/C22H39N5O2.HI/c1-18(2)15-19(26-10-13-28-14-11-26)16-24-22(23-3)25-17-20(21-7-6-12-29-21)27-8-4-5-9-27;/h6-7,12,18-20H,4-5,8-11,13-17H2,1-3H3,(H2,23,24,25);1H. The molecule has 0 aromatic carbocycles. The predicted molar refractivity (Wildman–Crippen MR) is 133 cm³/mol. The van der Waals surface area contributed by atoms with Crippen LogP contribution in [0.3, 0.4) is 0 Å². The van der Waals surface area contributed by atoms with Gasteiger partial charge in [0.2, 0.25) is 0 Å². The van der Waals surface area contributed by atoms with E-state index in [1.165, 1.54) is 19.3 Å². The molecule has 0 bridgehead atoms. The van der Waals surface area contributed by atoms with Crippen molar-refractivity contribution in [2.75, 3.05) is 59.5 Å². The lowest BCUT2D eigenvalue weighted by molar-refractivity contribution is 0.0132. The summed E-state index contributed by atoms with van der Waals surface area (Å²) in [5.41, 5.74) is 0. The largest absolute Gasteiger partial charge is 0.468 e. The maximum Gasteiger partial charge on any atom is 0.191 e. The molecule has 30 heavy (non-hydrogen) atoms. The summed E-state index contributed by atoms with van der Waals surface area (Å²) >= 11 is 0. The van der Waals surface area contributed by atoms with Crippen molar-refractivity contribution in [3.05, 3.63) is 24.2 Å². The number of morpholine rings is 1. The van der Waals surface area contributed by atoms with Crippen molar-refractivity contribution < 1.29 is 9.15 Å². The molecule has 2 aliphatic heterocycles. The van der Waals surface area contributed by atoms with Crippen LogP contribution in [-0.2, 0) is 4.74 Å². The highest BCUT2D eigenvalue weighted by molar-refractivity contribution is 14.0. The lowest BCUT2D eigenvalue weighted by atomic mass is 10.0. The van der Waals surface area contributed by atoms with Gasteiger partial charge in [0.25, 0.3) is 0 Å². The van der Waals surface area contributed by atoms with E-state index in [-0.39, 0.29) is 30.0 Å². The van der Waals surface area contributed by atoms with Gasteiger partial charge < -0.3 is 19.8 Å². The van der Waals surface area contributed by atoms with E-state index in [4.69, 9.17) is 9.15 Å². The van der Waals surface area contributed by atoms with Crippen molar-refractivity contribution in [2.24, 2.45) is 10.9 Å². The summed E-state index contributed by atoms with van der Waals surface area (Å²) in [7, 11) is 1.85. The highest BCUT2D eigenvalue weighted by atomic mass is 127. The summed E-state index contributed by atoms with van der Waals surface area (Å²) < 4.78 is 11.3. The number of likely N-dealkylation sites (tertiary alicyclic amines) is 1. The minimum absolute atomic E-state index is 0. The third-order valence-electron chi connectivity index (χ3n) is 5.95. The van der Waals surface area contributed by atoms with Gasteiger partial charge in [-0.25, -0.2) is 0 Å². The monoisotopic (exact) mass is 533 g/mol. The molecular weight excluding hydrogens is 493 g/mol. The van der Waals surface area contributed by atoms with Crippen molar-refractivity contribution in [1.82, 2.24) is 20.4 Å². The summed E-state index contributed by atoms with van der Waals surface area (Å²) in [6, 6.07) is 4.80. The Bertz CT molecular complexity index is 599. The van der Waals surface area contributed by atoms with Gasteiger partial charge in [0.05, 0.1) is 25.5 Å². The molecule has 2 unspecified atom stereocenters. The first-order valence-corrected chi connectivity index (χ1v) is 11.2. The molecule has 2 atom stereocenters. The van der Waals surface area contributed by atoms with Crippen molar-refractivity contribution in [3.8, 4) is 0 Å². The Morgan fingerprint density at radius 1 is 1.07 bits per heavy atom. The number of nitrogens with zero attached hydrogens (tertiary/aromatic N) is 3. The normalized spacial score (nSPS) is 20.7. The van der Waals surface area contributed by atoms with Crippen molar-refractivity contribution >= 4 is 29.9 Å². The van der Waals surface area contributed by atoms with Crippen LogP contribution in [0, 0.1) is 5.92 Å². The van der Waals surface area contributed by atoms with Gasteiger partial charge in [-0.05, 0) is 50.4 Å². The zero-order valence-electron chi connectivity index (χ0n) is 18.8. The average Bonchev–Trinajstić information content (AvgIpc) is 3.44. The van der Waals surface area contributed by atoms with Gasteiger partial charge in [-0.3, -0.25) is 14.8 Å². The van der Waals surface area contributed by atoms with Crippen LogP contribution in [0.25, 0.3) is 0 Å². The number of guanidine groups is 1. The lowest BCUT2D eigenvalue weighted by Crippen LogP contribution is -2.51. The van der Waals surface area contributed by atoms with E-state index in [0.29, 0.717) is 12.0 Å². The summed E-state index contributed by atoms with van der Waals surface area (Å²) in [6.45, 7) is 12.2. The van der Waals surface area contributed by atoms with E-state index in [2.05, 4.69) is 45.3 Å². The van der Waals surface area contributed by atoms with Crippen LogP contribution >= 0.6 is 24.0 Å². The maximum absolute atomic E-state index is 5.73. The zero-order valence-corrected chi connectivity index (χ0v) is 21.1. The molecule has 3 rings (SSSR count). The molecular formula is C22H40IN5O2. The number of ether oxygens (including phenoxy) is 1. The van der Waals surface area contributed by atoms with E-state index in [1.807, 2.05) is 13.1 Å². The Balaban J connectivity index is 0.00000320. The van der Waals surface area contributed by atoms with E-state index < -0.39 is 0 Å². The topological polar surface area (TPSA) is 65.3 Å². The predicted octanol–water partition coefficient (Wildman–Crippen LogP) is 2.95. The lowest BCUT2D eigenvalue weighted by Gasteiger charge is -2.36. The molecule has 3 heterocycles. The van der Waals surface area contributed by atoms with E-state index >= 15 is 0 Å². The SMILES string of the molecule is CN=C(NCC(CC(C)C)N1CCOCC1)NCC(c1ccco1)N1CCCC1.I. The molecule has 2 N–H and O–H groups in total. The zero-order chi connectivity index (χ0) is 20.5. The molecule has 2 aliphatic rings. The molecule has 0 saturated carbocycles. The van der Waals surface area contributed by atoms with Gasteiger partial charge in [-0.1, -0.05) is 13.8 Å². The quantitative estimate of drug-likeness (QED) is 0.289. The number of nitrogens with one attached hydrogen (secondary N) is 2. The summed E-state index contributed by atoms with van der Waals surface area (Å²) in [4.78, 5) is 9.53. The molecule has 2 fully saturated rings. The fraction of sp³-hybridized carbons (Fsp3) is 0.773. The second-order valence-corrected chi connectivity index (χ2v) is 8.54. The Morgan fingerprint density at radius 3 is 2.37 bits per heavy atom. The Kier molecular flexibility index (Phi) is 11.5. The van der Waals surface area contributed by atoms with Crippen molar-refractivity contribution in [3.63, 3.8) is 0 Å². The first kappa shape index (κ1) is 25.4. The van der Waals surface area contributed by atoms with Gasteiger partial charge in [0.15, 0.2) is 5.96 Å². The van der Waals surface area contributed by atoms with Crippen LogP contribution in [0.15, 0.2) is 27.8 Å². The first-order valence-electron chi connectivity index (χ1n) is 11.2. The molecule has 8 heteroatoms. The fourth-order valence-corrected chi connectivity index (χ4v) is 4.42. The van der Waals surface area contributed by atoms with E-state index in [0.717, 1.165) is 64.2 Å². The van der Waals surface area contributed by atoms with Crippen molar-refractivity contribution in [2.45, 2.75) is 45.2 Å². The fourth-order valence-electron chi connectivity index (χ4n) is 4.42. The van der Waals surface area contributed by atoms with Crippen LogP contribution in [0.5, 0.6) is 0 Å². The third-order valence-corrected chi connectivity index (χ3v) is 5.95. The van der Waals surface area contributed by atoms with Gasteiger partial charge in [-0.2, -0.15) is 0 Å². The molecule has 7 nitrogen and oxygen atoms in total. The number of hydrogen-bond acceptors (Lipinski definition) is 5. The summed E-state index contributed by atoms with van der Waals surface area (Å²) in [5.74, 6) is 2.56. The van der Waals surface area contributed by atoms with Crippen LogP contribution in [0.2, 0.25) is 0 Å². The Labute approximate surface area is 199 Å². The highest BCUT2D eigenvalue weighted by Crippen LogP contribution is 2.24. The van der Waals surface area contributed by atoms with Gasteiger partial charge in [0, 0.05) is 39.3 Å². The number of rotatable bonds is 9. The molecule has 0 spiro atoms. The van der Waals surface area contributed by atoms with Gasteiger partial charge >= 0.3 is 0 Å². The number of furan rings is 1. The summed E-state index contributed by atoms with van der Waals surface area (Å²) in [6.07, 6.45) is 5.47. The van der Waals surface area contributed by atoms with Crippen LogP contribution in [0.4, 0.5) is 0 Å².